The minimum Gasteiger partial charge on any atom is -0.506 e. The van der Waals surface area contributed by atoms with Crippen LogP contribution in [0.4, 0.5) is 5.69 Å². The maximum atomic E-state index is 12.9. The van der Waals surface area contributed by atoms with Crippen LogP contribution in [0, 0.1) is 0 Å². The Morgan fingerprint density at radius 3 is 3.00 bits per heavy atom. The van der Waals surface area contributed by atoms with E-state index in [0.29, 0.717) is 28.9 Å². The van der Waals surface area contributed by atoms with Gasteiger partial charge in [0.2, 0.25) is 0 Å². The molecule has 2 aromatic carbocycles. The molecule has 0 saturated carbocycles. The quantitative estimate of drug-likeness (QED) is 0.722. The van der Waals surface area contributed by atoms with Gasteiger partial charge in [-0.25, -0.2) is 4.79 Å². The number of H-pyrrole nitrogens is 1. The van der Waals surface area contributed by atoms with Gasteiger partial charge in [-0.2, -0.15) is 0 Å². The number of hydrogen-bond donors (Lipinski definition) is 2. The third kappa shape index (κ3) is 2.19. The van der Waals surface area contributed by atoms with Gasteiger partial charge in [0.1, 0.15) is 5.75 Å². The lowest BCUT2D eigenvalue weighted by atomic mass is 10.00. The number of carbonyl (C=O) groups is 1. The number of aromatic nitrogens is 1. The fourth-order valence-electron chi connectivity index (χ4n) is 3.07. The zero-order valence-corrected chi connectivity index (χ0v) is 12.2. The van der Waals surface area contributed by atoms with Gasteiger partial charge >= 0.3 is 5.76 Å². The second kappa shape index (κ2) is 5.01. The first-order valence-corrected chi connectivity index (χ1v) is 7.39. The van der Waals surface area contributed by atoms with Crippen LogP contribution in [-0.4, -0.2) is 22.5 Å². The molecule has 2 heterocycles. The molecule has 1 aliphatic rings. The summed E-state index contributed by atoms with van der Waals surface area (Å²) in [5.74, 6) is -0.657. The summed E-state index contributed by atoms with van der Waals surface area (Å²) in [5.41, 5.74) is 2.86. The molecule has 0 atom stereocenters. The summed E-state index contributed by atoms with van der Waals surface area (Å²) < 4.78 is 4.95. The van der Waals surface area contributed by atoms with Gasteiger partial charge in [0.25, 0.3) is 5.91 Å². The van der Waals surface area contributed by atoms with E-state index in [2.05, 4.69) is 4.98 Å². The fraction of sp³-hybridized carbons (Fsp3) is 0.176. The van der Waals surface area contributed by atoms with Crippen molar-refractivity contribution in [2.24, 2.45) is 0 Å². The minimum atomic E-state index is -0.550. The molecule has 2 N–H and O–H groups in total. The molecule has 4 rings (SSSR count). The molecule has 3 aromatic rings. The van der Waals surface area contributed by atoms with Crippen molar-refractivity contribution in [2.75, 3.05) is 11.4 Å². The van der Waals surface area contributed by atoms with Gasteiger partial charge in [-0.05, 0) is 42.7 Å². The highest BCUT2D eigenvalue weighted by molar-refractivity contribution is 6.08. The van der Waals surface area contributed by atoms with E-state index < -0.39 is 5.76 Å². The summed E-state index contributed by atoms with van der Waals surface area (Å²) >= 11 is 0. The Kier molecular flexibility index (Phi) is 2.97. The highest BCUT2D eigenvalue weighted by Crippen LogP contribution is 2.36. The topological polar surface area (TPSA) is 86.5 Å². The lowest BCUT2D eigenvalue weighted by molar-refractivity contribution is 0.0984. The summed E-state index contributed by atoms with van der Waals surface area (Å²) in [7, 11) is 0. The van der Waals surface area contributed by atoms with Crippen molar-refractivity contribution >= 4 is 22.7 Å². The van der Waals surface area contributed by atoms with Gasteiger partial charge in [-0.3, -0.25) is 9.78 Å². The first-order chi connectivity index (χ1) is 11.1. The molecule has 1 aliphatic heterocycles. The van der Waals surface area contributed by atoms with Crippen LogP contribution in [0.5, 0.6) is 5.75 Å². The largest absolute Gasteiger partial charge is 0.506 e. The number of aryl methyl sites for hydroxylation is 1. The molecular formula is C17H14N2O4. The van der Waals surface area contributed by atoms with E-state index in [1.807, 2.05) is 6.07 Å². The van der Waals surface area contributed by atoms with Gasteiger partial charge in [0.15, 0.2) is 5.58 Å². The second-order valence-corrected chi connectivity index (χ2v) is 5.57. The molecule has 1 aromatic heterocycles. The van der Waals surface area contributed by atoms with Crippen molar-refractivity contribution in [1.82, 2.24) is 4.98 Å². The van der Waals surface area contributed by atoms with Crippen LogP contribution in [0.25, 0.3) is 11.1 Å². The molecule has 0 spiro atoms. The van der Waals surface area contributed by atoms with E-state index in [4.69, 9.17) is 4.42 Å². The van der Waals surface area contributed by atoms with Crippen molar-refractivity contribution in [2.45, 2.75) is 12.8 Å². The molecule has 1 amide bonds. The highest BCUT2D eigenvalue weighted by atomic mass is 16.4. The fourth-order valence-corrected chi connectivity index (χ4v) is 3.07. The third-order valence-corrected chi connectivity index (χ3v) is 4.11. The Morgan fingerprint density at radius 2 is 2.13 bits per heavy atom. The van der Waals surface area contributed by atoms with Gasteiger partial charge in [-0.15, -0.1) is 0 Å². The number of oxazole rings is 1. The number of carbonyl (C=O) groups excluding carboxylic acids is 1. The zero-order chi connectivity index (χ0) is 16.0. The lowest BCUT2D eigenvalue weighted by Crippen LogP contribution is -2.35. The zero-order valence-electron chi connectivity index (χ0n) is 12.2. The van der Waals surface area contributed by atoms with Gasteiger partial charge in [-0.1, -0.05) is 12.1 Å². The average Bonchev–Trinajstić information content (AvgIpc) is 2.93. The molecule has 0 radical (unpaired) electrons. The Balaban J connectivity index is 1.78. The molecule has 0 fully saturated rings. The Labute approximate surface area is 131 Å². The Morgan fingerprint density at radius 1 is 1.26 bits per heavy atom. The van der Waals surface area contributed by atoms with E-state index in [0.717, 1.165) is 18.4 Å². The van der Waals surface area contributed by atoms with E-state index >= 15 is 0 Å². The number of nitrogens with one attached hydrogen (secondary N) is 1. The summed E-state index contributed by atoms with van der Waals surface area (Å²) in [6.07, 6.45) is 1.68. The molecule has 0 unspecified atom stereocenters. The first-order valence-electron chi connectivity index (χ1n) is 7.39. The standard InChI is InChI=1S/C17H14N2O4/c20-13-5-1-3-10-4-2-8-19(15(10)13)16(21)11-6-7-14-12(9-11)18-17(22)23-14/h1,3,5-7,9,20H,2,4,8H2,(H,18,22). The number of rotatable bonds is 1. The molecule has 6 heteroatoms. The number of phenolic OH excluding ortho intramolecular Hbond substituents is 1. The van der Waals surface area contributed by atoms with E-state index in [1.54, 1.807) is 35.2 Å². The molecule has 0 bridgehead atoms. The van der Waals surface area contributed by atoms with Crippen LogP contribution >= 0.6 is 0 Å². The minimum absolute atomic E-state index is 0.105. The maximum Gasteiger partial charge on any atom is 0.417 e. The van der Waals surface area contributed by atoms with Crippen LogP contribution in [-0.2, 0) is 6.42 Å². The van der Waals surface area contributed by atoms with Gasteiger partial charge in [0, 0.05) is 12.1 Å². The van der Waals surface area contributed by atoms with E-state index in [9.17, 15) is 14.7 Å². The average molecular weight is 310 g/mol. The number of fused-ring (bicyclic) bond motifs is 2. The number of anilines is 1. The molecule has 0 saturated heterocycles. The number of nitrogens with zero attached hydrogens (tertiary/aromatic N) is 1. The molecule has 0 aliphatic carbocycles. The summed E-state index contributed by atoms with van der Waals surface area (Å²) in [6, 6.07) is 10.1. The predicted octanol–water partition coefficient (Wildman–Crippen LogP) is 2.42. The summed E-state index contributed by atoms with van der Waals surface area (Å²) in [5, 5.41) is 10.1. The number of hydrogen-bond acceptors (Lipinski definition) is 4. The number of aromatic amines is 1. The SMILES string of the molecule is O=C(c1ccc2oc(=O)[nH]c2c1)N1CCCc2cccc(O)c21. The van der Waals surface area contributed by atoms with Crippen molar-refractivity contribution in [3.05, 3.63) is 58.1 Å². The smallest absolute Gasteiger partial charge is 0.417 e. The second-order valence-electron chi connectivity index (χ2n) is 5.57. The van der Waals surface area contributed by atoms with Gasteiger partial charge in [0.05, 0.1) is 11.2 Å². The van der Waals surface area contributed by atoms with Crippen LogP contribution in [0.15, 0.2) is 45.6 Å². The van der Waals surface area contributed by atoms with Crippen molar-refractivity contribution < 1.29 is 14.3 Å². The number of aromatic hydroxyl groups is 1. The maximum absolute atomic E-state index is 12.9. The predicted molar refractivity (Wildman–Crippen MR) is 84.9 cm³/mol. The third-order valence-electron chi connectivity index (χ3n) is 4.11. The number of phenols is 1. The van der Waals surface area contributed by atoms with Crippen LogP contribution in [0.1, 0.15) is 22.3 Å². The molecule has 116 valence electrons. The van der Waals surface area contributed by atoms with Crippen LogP contribution < -0.4 is 10.7 Å². The molecule has 6 nitrogen and oxygen atoms in total. The Bertz CT molecular complexity index is 970. The van der Waals surface area contributed by atoms with Gasteiger partial charge < -0.3 is 14.4 Å². The normalized spacial score (nSPS) is 14.0. The summed E-state index contributed by atoms with van der Waals surface area (Å²) in [4.78, 5) is 28.2. The van der Waals surface area contributed by atoms with Crippen LogP contribution in [0.2, 0.25) is 0 Å². The number of benzene rings is 2. The van der Waals surface area contributed by atoms with Crippen molar-refractivity contribution in [3.63, 3.8) is 0 Å². The first kappa shape index (κ1) is 13.6. The summed E-state index contributed by atoms with van der Waals surface area (Å²) in [6.45, 7) is 0.545. The monoisotopic (exact) mass is 310 g/mol. The van der Waals surface area contributed by atoms with E-state index in [-0.39, 0.29) is 11.7 Å². The Hall–Kier alpha value is -3.02. The van der Waals surface area contributed by atoms with Crippen molar-refractivity contribution in [3.8, 4) is 5.75 Å². The molecular weight excluding hydrogens is 296 g/mol. The van der Waals surface area contributed by atoms with E-state index in [1.165, 1.54) is 0 Å². The lowest BCUT2D eigenvalue weighted by Gasteiger charge is -2.30. The number of amides is 1. The number of para-hydroxylation sites is 1. The van der Waals surface area contributed by atoms with Crippen molar-refractivity contribution in [1.29, 1.82) is 0 Å². The highest BCUT2D eigenvalue weighted by Gasteiger charge is 2.26. The molecule has 23 heavy (non-hydrogen) atoms. The van der Waals surface area contributed by atoms with Crippen LogP contribution in [0.3, 0.4) is 0 Å².